The van der Waals surface area contributed by atoms with E-state index in [9.17, 15) is 13.2 Å². The number of carbonyl (C=O) groups excluding carboxylic acids is 1. The summed E-state index contributed by atoms with van der Waals surface area (Å²) in [5.74, 6) is -0.251. The third kappa shape index (κ3) is 4.54. The van der Waals surface area contributed by atoms with Crippen LogP contribution in [0.25, 0.3) is 0 Å². The van der Waals surface area contributed by atoms with E-state index in [0.29, 0.717) is 23.8 Å². The fourth-order valence-corrected chi connectivity index (χ4v) is 5.28. The van der Waals surface area contributed by atoms with Gasteiger partial charge in [0.05, 0.1) is 4.90 Å². The first-order chi connectivity index (χ1) is 13.3. The average Bonchev–Trinajstić information content (AvgIpc) is 2.69. The van der Waals surface area contributed by atoms with Crippen LogP contribution in [0.3, 0.4) is 0 Å². The Morgan fingerprint density at radius 3 is 2.75 bits per heavy atom. The third-order valence-corrected chi connectivity index (χ3v) is 7.22. The number of pyridine rings is 1. The van der Waals surface area contributed by atoms with Crippen LogP contribution in [0.2, 0.25) is 5.15 Å². The van der Waals surface area contributed by atoms with Gasteiger partial charge >= 0.3 is 0 Å². The smallest absolute Gasteiger partial charge is 0.253 e. The number of hydrogen-bond acceptors (Lipinski definition) is 4. The van der Waals surface area contributed by atoms with Gasteiger partial charge in [-0.15, -0.1) is 0 Å². The van der Waals surface area contributed by atoms with Crippen LogP contribution in [0.15, 0.2) is 47.5 Å². The Labute approximate surface area is 171 Å². The molecular formula is C20H24ClN3O3S. The number of carbonyl (C=O) groups is 1. The molecule has 0 bridgehead atoms. The minimum atomic E-state index is -3.62. The van der Waals surface area contributed by atoms with Crippen LogP contribution in [0.5, 0.6) is 0 Å². The minimum Gasteiger partial charge on any atom is -0.337 e. The highest BCUT2D eigenvalue weighted by atomic mass is 35.5. The molecule has 1 fully saturated rings. The number of aromatic nitrogens is 1. The van der Waals surface area contributed by atoms with E-state index in [1.807, 2.05) is 6.92 Å². The second-order valence-corrected chi connectivity index (χ2v) is 9.42. The van der Waals surface area contributed by atoms with Crippen molar-refractivity contribution in [3.63, 3.8) is 0 Å². The maximum absolute atomic E-state index is 13.0. The van der Waals surface area contributed by atoms with Crippen LogP contribution < -0.4 is 0 Å². The van der Waals surface area contributed by atoms with Gasteiger partial charge in [0.1, 0.15) is 5.15 Å². The molecule has 0 radical (unpaired) electrons. The van der Waals surface area contributed by atoms with Gasteiger partial charge in [-0.3, -0.25) is 4.79 Å². The summed E-state index contributed by atoms with van der Waals surface area (Å²) < 4.78 is 27.6. The average molecular weight is 422 g/mol. The molecule has 1 aromatic carbocycles. The Balaban J connectivity index is 1.80. The van der Waals surface area contributed by atoms with Gasteiger partial charge in [-0.05, 0) is 49.6 Å². The zero-order valence-electron chi connectivity index (χ0n) is 16.0. The summed E-state index contributed by atoms with van der Waals surface area (Å²) in [6, 6.07) is 9.72. The fraction of sp³-hybridized carbons (Fsp3) is 0.400. The van der Waals surface area contributed by atoms with Crippen LogP contribution in [0.4, 0.5) is 0 Å². The molecule has 1 saturated heterocycles. The first-order valence-corrected chi connectivity index (χ1v) is 11.1. The van der Waals surface area contributed by atoms with Crippen molar-refractivity contribution >= 4 is 27.5 Å². The number of halogens is 1. The van der Waals surface area contributed by atoms with Gasteiger partial charge in [0.15, 0.2) is 0 Å². The molecule has 0 N–H and O–H groups in total. The Bertz CT molecular complexity index is 947. The predicted molar refractivity (Wildman–Crippen MR) is 109 cm³/mol. The van der Waals surface area contributed by atoms with Crippen molar-refractivity contribution in [1.82, 2.24) is 14.2 Å². The highest BCUT2D eigenvalue weighted by molar-refractivity contribution is 7.89. The van der Waals surface area contributed by atoms with Crippen LogP contribution in [0, 0.1) is 0 Å². The molecule has 8 heteroatoms. The minimum absolute atomic E-state index is 0.0295. The summed E-state index contributed by atoms with van der Waals surface area (Å²) in [7, 11) is -1.95. The number of rotatable bonds is 5. The second kappa shape index (κ2) is 8.59. The number of benzene rings is 1. The fourth-order valence-electron chi connectivity index (χ4n) is 3.42. The van der Waals surface area contributed by atoms with Gasteiger partial charge in [0, 0.05) is 37.9 Å². The highest BCUT2D eigenvalue weighted by Gasteiger charge is 2.31. The van der Waals surface area contributed by atoms with Gasteiger partial charge in [-0.1, -0.05) is 30.2 Å². The van der Waals surface area contributed by atoms with Crippen molar-refractivity contribution in [1.29, 1.82) is 0 Å². The first kappa shape index (κ1) is 20.8. The normalized spacial score (nSPS) is 18.0. The quantitative estimate of drug-likeness (QED) is 0.692. The first-order valence-electron chi connectivity index (χ1n) is 9.27. The lowest BCUT2D eigenvalue weighted by molar-refractivity contribution is 0.0784. The van der Waals surface area contributed by atoms with Crippen LogP contribution in [0.1, 0.15) is 42.1 Å². The standard InChI is InChI=1S/C20H24ClN3O3S/c1-15-6-3-4-11-24(15)28(26,27)18-8-5-7-17(12-18)20(25)23(2)14-16-9-10-19(21)22-13-16/h5,7-10,12-13,15H,3-4,6,11,14H2,1-2H3. The molecular weight excluding hydrogens is 398 g/mol. The molecule has 1 unspecified atom stereocenters. The van der Waals surface area contributed by atoms with Gasteiger partial charge in [-0.25, -0.2) is 13.4 Å². The number of hydrogen-bond donors (Lipinski definition) is 0. The molecule has 2 aromatic rings. The Morgan fingerprint density at radius 1 is 1.29 bits per heavy atom. The molecule has 0 spiro atoms. The number of amides is 1. The summed E-state index contributed by atoms with van der Waals surface area (Å²) in [6.07, 6.45) is 4.37. The second-order valence-electron chi connectivity index (χ2n) is 7.14. The predicted octanol–water partition coefficient (Wildman–Crippen LogP) is 3.57. The molecule has 1 amide bonds. The summed E-state index contributed by atoms with van der Waals surface area (Å²) in [5.41, 5.74) is 1.18. The largest absolute Gasteiger partial charge is 0.337 e. The monoisotopic (exact) mass is 421 g/mol. The van der Waals surface area contributed by atoms with E-state index in [-0.39, 0.29) is 16.8 Å². The van der Waals surface area contributed by atoms with Crippen molar-refractivity contribution < 1.29 is 13.2 Å². The molecule has 0 saturated carbocycles. The molecule has 3 rings (SSSR count). The SMILES string of the molecule is CC1CCCCN1S(=O)(=O)c1cccc(C(=O)N(C)Cc2ccc(Cl)nc2)c1. The van der Waals surface area contributed by atoms with Crippen molar-refractivity contribution in [2.45, 2.75) is 43.7 Å². The van der Waals surface area contributed by atoms with Gasteiger partial charge in [0.25, 0.3) is 5.91 Å². The van der Waals surface area contributed by atoms with E-state index in [4.69, 9.17) is 11.6 Å². The van der Waals surface area contributed by atoms with Gasteiger partial charge in [-0.2, -0.15) is 4.31 Å². The van der Waals surface area contributed by atoms with E-state index in [2.05, 4.69) is 4.98 Å². The van der Waals surface area contributed by atoms with Gasteiger partial charge in [0.2, 0.25) is 10.0 Å². The number of sulfonamides is 1. The Kier molecular flexibility index (Phi) is 6.37. The maximum Gasteiger partial charge on any atom is 0.253 e. The van der Waals surface area contributed by atoms with Crippen molar-refractivity contribution in [3.8, 4) is 0 Å². The van der Waals surface area contributed by atoms with Crippen LogP contribution in [-0.4, -0.2) is 48.1 Å². The topological polar surface area (TPSA) is 70.6 Å². The Morgan fingerprint density at radius 2 is 2.07 bits per heavy atom. The molecule has 2 heterocycles. The van der Waals surface area contributed by atoms with Crippen LogP contribution in [-0.2, 0) is 16.6 Å². The molecule has 1 aliphatic heterocycles. The molecule has 28 heavy (non-hydrogen) atoms. The summed E-state index contributed by atoms with van der Waals surface area (Å²) in [6.45, 7) is 2.80. The van der Waals surface area contributed by atoms with E-state index >= 15 is 0 Å². The summed E-state index contributed by atoms with van der Waals surface area (Å²) in [5, 5.41) is 0.391. The van der Waals surface area contributed by atoms with Crippen LogP contribution >= 0.6 is 11.6 Å². The lowest BCUT2D eigenvalue weighted by Crippen LogP contribution is -2.42. The highest BCUT2D eigenvalue weighted by Crippen LogP contribution is 2.25. The third-order valence-electron chi connectivity index (χ3n) is 4.98. The lowest BCUT2D eigenvalue weighted by Gasteiger charge is -2.32. The molecule has 6 nitrogen and oxygen atoms in total. The van der Waals surface area contributed by atoms with E-state index < -0.39 is 10.0 Å². The molecule has 150 valence electrons. The Hall–Kier alpha value is -1.96. The zero-order chi connectivity index (χ0) is 20.3. The molecule has 1 atom stereocenters. The molecule has 1 aliphatic rings. The van der Waals surface area contributed by atoms with Gasteiger partial charge < -0.3 is 4.90 Å². The summed E-state index contributed by atoms with van der Waals surface area (Å²) in [4.78, 5) is 18.5. The van der Waals surface area contributed by atoms with Crippen molar-refractivity contribution in [3.05, 3.63) is 58.9 Å². The van der Waals surface area contributed by atoms with Crippen molar-refractivity contribution in [2.24, 2.45) is 0 Å². The summed E-state index contributed by atoms with van der Waals surface area (Å²) >= 11 is 5.79. The van der Waals surface area contributed by atoms with Crippen molar-refractivity contribution in [2.75, 3.05) is 13.6 Å². The van der Waals surface area contributed by atoms with E-state index in [0.717, 1.165) is 24.8 Å². The number of piperidine rings is 1. The molecule has 0 aliphatic carbocycles. The molecule has 1 aromatic heterocycles. The van der Waals surface area contributed by atoms with E-state index in [1.54, 1.807) is 47.9 Å². The lowest BCUT2D eigenvalue weighted by atomic mass is 10.1. The maximum atomic E-state index is 13.0. The zero-order valence-corrected chi connectivity index (χ0v) is 17.6. The number of nitrogens with zero attached hydrogens (tertiary/aromatic N) is 3. The van der Waals surface area contributed by atoms with E-state index in [1.165, 1.54) is 11.0 Å².